The molecule has 0 amide bonds. The van der Waals surface area contributed by atoms with Crippen LogP contribution >= 0.6 is 0 Å². The molecular weight excluding hydrogens is 364 g/mol. The Morgan fingerprint density at radius 3 is 2.52 bits per heavy atom. The molecule has 0 spiro atoms. The summed E-state index contributed by atoms with van der Waals surface area (Å²) in [6.45, 7) is 1.79. The molecule has 3 N–H and O–H groups in total. The molecule has 8 heteroatoms. The Labute approximate surface area is 163 Å². The summed E-state index contributed by atoms with van der Waals surface area (Å²) in [6.07, 6.45) is 9.04. The molecule has 0 radical (unpaired) electrons. The Bertz CT molecular complexity index is 699. The molecule has 0 atom stereocenters. The second-order valence-electron chi connectivity index (χ2n) is 6.87. The lowest BCUT2D eigenvalue weighted by Crippen LogP contribution is -2.39. The first kappa shape index (κ1) is 21.5. The molecule has 0 aromatic heterocycles. The molecule has 1 aliphatic carbocycles. The first-order valence-corrected chi connectivity index (χ1v) is 11.5. The summed E-state index contributed by atoms with van der Waals surface area (Å²) < 4.78 is 31.5. The smallest absolute Gasteiger partial charge is 0.229 e. The second-order valence-corrected chi connectivity index (χ2v) is 8.62. The van der Waals surface area contributed by atoms with Crippen molar-refractivity contribution in [2.75, 3.05) is 31.2 Å². The van der Waals surface area contributed by atoms with Gasteiger partial charge in [-0.1, -0.05) is 43.9 Å². The summed E-state index contributed by atoms with van der Waals surface area (Å²) >= 11 is 0. The molecule has 0 saturated heterocycles. The van der Waals surface area contributed by atoms with Crippen LogP contribution in [0.25, 0.3) is 0 Å². The van der Waals surface area contributed by atoms with Crippen LogP contribution in [0.4, 0.5) is 5.69 Å². The number of rotatable bonds is 8. The Kier molecular flexibility index (Phi) is 8.87. The molecule has 27 heavy (non-hydrogen) atoms. The summed E-state index contributed by atoms with van der Waals surface area (Å²) in [5.41, 5.74) is 1.42. The third-order valence-electron chi connectivity index (χ3n) is 4.53. The average molecular weight is 397 g/mol. The number of anilines is 1. The summed E-state index contributed by atoms with van der Waals surface area (Å²) in [7, 11) is -1.60. The van der Waals surface area contributed by atoms with Crippen LogP contribution in [-0.4, -0.2) is 46.9 Å². The molecule has 0 bridgehead atoms. The molecule has 1 aromatic rings. The van der Waals surface area contributed by atoms with Gasteiger partial charge in [-0.25, -0.2) is 8.42 Å². The van der Waals surface area contributed by atoms with Crippen LogP contribution in [0.15, 0.2) is 29.3 Å². The quantitative estimate of drug-likeness (QED) is 0.272. The predicted molar refractivity (Wildman–Crippen MR) is 111 cm³/mol. The van der Waals surface area contributed by atoms with Gasteiger partial charge in [-0.05, 0) is 24.5 Å². The molecule has 0 unspecified atom stereocenters. The van der Waals surface area contributed by atoms with Crippen molar-refractivity contribution in [2.24, 2.45) is 4.99 Å². The fourth-order valence-corrected chi connectivity index (χ4v) is 3.78. The van der Waals surface area contributed by atoms with Crippen molar-refractivity contribution in [1.82, 2.24) is 10.6 Å². The van der Waals surface area contributed by atoms with Gasteiger partial charge in [-0.3, -0.25) is 9.71 Å². The van der Waals surface area contributed by atoms with E-state index >= 15 is 0 Å². The van der Waals surface area contributed by atoms with Crippen LogP contribution in [0, 0.1) is 0 Å². The van der Waals surface area contributed by atoms with Gasteiger partial charge < -0.3 is 15.4 Å². The molecule has 1 fully saturated rings. The van der Waals surface area contributed by atoms with Gasteiger partial charge in [-0.2, -0.15) is 0 Å². The van der Waals surface area contributed by atoms with E-state index in [1.54, 1.807) is 19.2 Å². The highest BCUT2D eigenvalue weighted by Crippen LogP contribution is 2.19. The Hall–Kier alpha value is -1.80. The van der Waals surface area contributed by atoms with E-state index in [0.29, 0.717) is 37.4 Å². The molecule has 152 valence electrons. The summed E-state index contributed by atoms with van der Waals surface area (Å²) in [5, 5.41) is 6.45. The maximum atomic E-state index is 11.5. The van der Waals surface area contributed by atoms with Crippen LogP contribution in [0.3, 0.4) is 0 Å². The Balaban J connectivity index is 1.75. The fourth-order valence-electron chi connectivity index (χ4n) is 3.18. The van der Waals surface area contributed by atoms with Gasteiger partial charge >= 0.3 is 0 Å². The van der Waals surface area contributed by atoms with Gasteiger partial charge in [0.2, 0.25) is 10.0 Å². The van der Waals surface area contributed by atoms with Crippen LogP contribution in [0.5, 0.6) is 0 Å². The number of hydrogen-bond acceptors (Lipinski definition) is 4. The third-order valence-corrected chi connectivity index (χ3v) is 5.12. The van der Waals surface area contributed by atoms with E-state index in [4.69, 9.17) is 4.74 Å². The highest BCUT2D eigenvalue weighted by molar-refractivity contribution is 7.92. The van der Waals surface area contributed by atoms with Crippen LogP contribution < -0.4 is 15.4 Å². The molecule has 0 aliphatic heterocycles. The lowest BCUT2D eigenvalue weighted by atomic mass is 10.1. The van der Waals surface area contributed by atoms with Crippen molar-refractivity contribution in [1.29, 1.82) is 0 Å². The van der Waals surface area contributed by atoms with Crippen molar-refractivity contribution in [3.8, 4) is 0 Å². The summed E-state index contributed by atoms with van der Waals surface area (Å²) in [4.78, 5) is 4.21. The maximum absolute atomic E-state index is 11.5. The molecule has 1 saturated carbocycles. The van der Waals surface area contributed by atoms with Crippen molar-refractivity contribution < 1.29 is 13.2 Å². The number of aliphatic imine (C=N–C) groups is 1. The van der Waals surface area contributed by atoms with E-state index in [0.717, 1.165) is 24.7 Å². The minimum absolute atomic E-state index is 0.387. The zero-order chi connectivity index (χ0) is 19.5. The fraction of sp³-hybridized carbons (Fsp3) is 0.632. The Morgan fingerprint density at radius 1 is 1.15 bits per heavy atom. The van der Waals surface area contributed by atoms with Gasteiger partial charge in [0.05, 0.1) is 24.7 Å². The largest absolute Gasteiger partial charge is 0.376 e. The second kappa shape index (κ2) is 11.1. The first-order chi connectivity index (χ1) is 13.0. The van der Waals surface area contributed by atoms with E-state index in [1.807, 2.05) is 12.1 Å². The number of para-hydroxylation sites is 1. The molecular formula is C19H32N4O3S. The number of nitrogens with zero attached hydrogens (tertiary/aromatic N) is 1. The van der Waals surface area contributed by atoms with Gasteiger partial charge in [0.1, 0.15) is 0 Å². The monoisotopic (exact) mass is 396 g/mol. The van der Waals surface area contributed by atoms with Crippen molar-refractivity contribution >= 4 is 21.7 Å². The number of nitrogens with one attached hydrogen (secondary N) is 3. The van der Waals surface area contributed by atoms with Crippen molar-refractivity contribution in [3.63, 3.8) is 0 Å². The van der Waals surface area contributed by atoms with Gasteiger partial charge in [-0.15, -0.1) is 0 Å². The molecule has 0 heterocycles. The van der Waals surface area contributed by atoms with Gasteiger partial charge in [0.15, 0.2) is 5.96 Å². The Morgan fingerprint density at radius 2 is 1.85 bits per heavy atom. The lowest BCUT2D eigenvalue weighted by molar-refractivity contribution is 0.0468. The maximum Gasteiger partial charge on any atom is 0.229 e. The topological polar surface area (TPSA) is 91.8 Å². The zero-order valence-corrected chi connectivity index (χ0v) is 17.1. The first-order valence-electron chi connectivity index (χ1n) is 9.60. The highest BCUT2D eigenvalue weighted by Gasteiger charge is 2.12. The number of ether oxygens (including phenoxy) is 1. The molecule has 7 nitrogen and oxygen atoms in total. The zero-order valence-electron chi connectivity index (χ0n) is 16.3. The number of guanidine groups is 1. The van der Waals surface area contributed by atoms with Crippen molar-refractivity contribution in [3.05, 3.63) is 29.8 Å². The standard InChI is InChI=1S/C19H32N4O3S/c1-20-19(21-13-14-26-17-10-5-3-4-6-11-17)22-15-16-9-7-8-12-18(16)23-27(2,24)25/h7-9,12,17,23H,3-6,10-11,13-15H2,1-2H3,(H2,20,21,22). The van der Waals surface area contributed by atoms with Crippen LogP contribution in [0.2, 0.25) is 0 Å². The third kappa shape index (κ3) is 8.62. The minimum Gasteiger partial charge on any atom is -0.376 e. The average Bonchev–Trinajstić information content (AvgIpc) is 2.90. The van der Waals surface area contributed by atoms with Crippen LogP contribution in [0.1, 0.15) is 44.1 Å². The number of sulfonamides is 1. The number of benzene rings is 1. The molecule has 1 aliphatic rings. The van der Waals surface area contributed by atoms with Gasteiger partial charge in [0.25, 0.3) is 0 Å². The van der Waals surface area contributed by atoms with E-state index < -0.39 is 10.0 Å². The highest BCUT2D eigenvalue weighted by atomic mass is 32.2. The van der Waals surface area contributed by atoms with Crippen molar-refractivity contribution in [2.45, 2.75) is 51.2 Å². The SMILES string of the molecule is CN=C(NCCOC1CCCCCC1)NCc1ccccc1NS(C)(=O)=O. The van der Waals surface area contributed by atoms with E-state index in [-0.39, 0.29) is 0 Å². The van der Waals surface area contributed by atoms with E-state index in [1.165, 1.54) is 25.7 Å². The van der Waals surface area contributed by atoms with E-state index in [9.17, 15) is 8.42 Å². The summed E-state index contributed by atoms with van der Waals surface area (Å²) in [5.74, 6) is 0.661. The van der Waals surface area contributed by atoms with Gasteiger partial charge in [0, 0.05) is 20.1 Å². The van der Waals surface area contributed by atoms with E-state index in [2.05, 4.69) is 20.3 Å². The summed E-state index contributed by atoms with van der Waals surface area (Å²) in [6, 6.07) is 7.30. The lowest BCUT2D eigenvalue weighted by Gasteiger charge is -2.17. The molecule has 1 aromatic carbocycles. The van der Waals surface area contributed by atoms with Crippen LogP contribution in [-0.2, 0) is 21.3 Å². The molecule has 2 rings (SSSR count). The normalized spacial score (nSPS) is 16.6. The number of hydrogen-bond donors (Lipinski definition) is 3. The minimum atomic E-state index is -3.31. The predicted octanol–water partition coefficient (Wildman–Crippen LogP) is 2.46.